The smallest absolute Gasteiger partial charge is 0.119 e. The van der Waals surface area contributed by atoms with Crippen molar-refractivity contribution in [2.45, 2.75) is 20.8 Å². The number of nitrogens with zero attached hydrogens (tertiary/aromatic N) is 1. The molecule has 0 aliphatic rings. The van der Waals surface area contributed by atoms with E-state index in [1.165, 1.54) is 18.4 Å². The molecule has 3 nitrogen and oxygen atoms in total. The minimum Gasteiger partial charge on any atom is -0.384 e. The van der Waals surface area contributed by atoms with Crippen LogP contribution in [0.1, 0.15) is 20.8 Å². The first-order chi connectivity index (χ1) is 6.97. The molecular formula is C11H16FN3. The van der Waals surface area contributed by atoms with Gasteiger partial charge in [0.1, 0.15) is 11.7 Å². The van der Waals surface area contributed by atoms with Gasteiger partial charge in [0, 0.05) is 17.5 Å². The molecule has 4 heteroatoms. The topological polar surface area (TPSA) is 62.2 Å². The maximum Gasteiger partial charge on any atom is 0.119 e. The minimum absolute atomic E-state index is 0.0184. The van der Waals surface area contributed by atoms with Gasteiger partial charge in [-0.25, -0.2) is 4.39 Å². The maximum absolute atomic E-state index is 12.7. The van der Waals surface area contributed by atoms with E-state index in [0.717, 1.165) is 0 Å². The van der Waals surface area contributed by atoms with Crippen molar-refractivity contribution in [1.82, 2.24) is 0 Å². The highest BCUT2D eigenvalue weighted by atomic mass is 19.1. The molecule has 0 aliphatic carbocycles. The number of halogens is 1. The highest BCUT2D eigenvalue weighted by Crippen LogP contribution is 1.98. The number of aliphatic imine (C=N–C) groups is 1. The molecule has 0 spiro atoms. The summed E-state index contributed by atoms with van der Waals surface area (Å²) in [5, 5.41) is 7.10. The van der Waals surface area contributed by atoms with Crippen LogP contribution in [0, 0.1) is 5.41 Å². The highest BCUT2D eigenvalue weighted by Gasteiger charge is 1.90. The largest absolute Gasteiger partial charge is 0.384 e. The van der Waals surface area contributed by atoms with E-state index in [2.05, 4.69) is 4.99 Å². The van der Waals surface area contributed by atoms with E-state index in [9.17, 15) is 4.39 Å². The van der Waals surface area contributed by atoms with E-state index >= 15 is 0 Å². The van der Waals surface area contributed by atoms with Crippen LogP contribution in [-0.2, 0) is 0 Å². The van der Waals surface area contributed by atoms with Crippen molar-refractivity contribution in [2.24, 2.45) is 10.7 Å². The maximum atomic E-state index is 12.7. The van der Waals surface area contributed by atoms with Crippen molar-refractivity contribution in [3.05, 3.63) is 35.8 Å². The molecule has 0 bridgehead atoms. The number of rotatable bonds is 4. The van der Waals surface area contributed by atoms with Crippen LogP contribution < -0.4 is 5.73 Å². The fourth-order valence-electron chi connectivity index (χ4n) is 0.608. The Morgan fingerprint density at radius 2 is 1.93 bits per heavy atom. The Balaban J connectivity index is 4.53. The molecule has 3 N–H and O–H groups in total. The van der Waals surface area contributed by atoms with Crippen LogP contribution >= 0.6 is 0 Å². The highest BCUT2D eigenvalue weighted by molar-refractivity contribution is 5.96. The fraction of sp³-hybridized carbons (Fsp3) is 0.273. The van der Waals surface area contributed by atoms with E-state index in [-0.39, 0.29) is 11.7 Å². The molecule has 0 fully saturated rings. The zero-order valence-corrected chi connectivity index (χ0v) is 9.21. The van der Waals surface area contributed by atoms with Gasteiger partial charge in [-0.15, -0.1) is 0 Å². The lowest BCUT2D eigenvalue weighted by molar-refractivity contribution is 0.665. The molecule has 0 rings (SSSR count). The van der Waals surface area contributed by atoms with Gasteiger partial charge >= 0.3 is 0 Å². The molecule has 0 aliphatic heterocycles. The quantitative estimate of drug-likeness (QED) is 0.417. The zero-order valence-electron chi connectivity index (χ0n) is 9.21. The SMILES string of the molecule is C\C=C(F)/C=C\C(C)=N\C=C(/C)C(=N)N. The Bertz CT molecular complexity index is 349. The molecular weight excluding hydrogens is 193 g/mol. The summed E-state index contributed by atoms with van der Waals surface area (Å²) < 4.78 is 12.7. The molecule has 0 aromatic carbocycles. The summed E-state index contributed by atoms with van der Waals surface area (Å²) in [5.41, 5.74) is 6.45. The normalized spacial score (nSPS) is 14.8. The number of amidine groups is 1. The van der Waals surface area contributed by atoms with Gasteiger partial charge in [0.15, 0.2) is 0 Å². The first kappa shape index (κ1) is 13.3. The first-order valence-corrected chi connectivity index (χ1v) is 4.52. The monoisotopic (exact) mass is 209 g/mol. The molecule has 0 atom stereocenters. The van der Waals surface area contributed by atoms with E-state index in [1.54, 1.807) is 26.8 Å². The van der Waals surface area contributed by atoms with E-state index in [1.807, 2.05) is 0 Å². The van der Waals surface area contributed by atoms with Gasteiger partial charge in [-0.05, 0) is 32.9 Å². The van der Waals surface area contributed by atoms with Crippen molar-refractivity contribution in [1.29, 1.82) is 5.41 Å². The van der Waals surface area contributed by atoms with E-state index in [4.69, 9.17) is 11.1 Å². The number of nitrogens with one attached hydrogen (secondary N) is 1. The molecule has 0 aromatic rings. The lowest BCUT2D eigenvalue weighted by atomic mass is 10.3. The Morgan fingerprint density at radius 1 is 1.33 bits per heavy atom. The second kappa shape index (κ2) is 6.70. The van der Waals surface area contributed by atoms with Crippen molar-refractivity contribution in [3.8, 4) is 0 Å². The first-order valence-electron chi connectivity index (χ1n) is 4.52. The van der Waals surface area contributed by atoms with Crippen LogP contribution in [0.5, 0.6) is 0 Å². The van der Waals surface area contributed by atoms with E-state index < -0.39 is 0 Å². The Kier molecular flexibility index (Phi) is 5.94. The fourth-order valence-corrected chi connectivity index (χ4v) is 0.608. The predicted molar refractivity (Wildman–Crippen MR) is 62.8 cm³/mol. The summed E-state index contributed by atoms with van der Waals surface area (Å²) in [4.78, 5) is 4.00. The van der Waals surface area contributed by atoms with Gasteiger partial charge in [-0.2, -0.15) is 0 Å². The van der Waals surface area contributed by atoms with Crippen molar-refractivity contribution in [3.63, 3.8) is 0 Å². The average molecular weight is 209 g/mol. The number of allylic oxidation sites excluding steroid dienone is 4. The Hall–Kier alpha value is -1.71. The van der Waals surface area contributed by atoms with Gasteiger partial charge < -0.3 is 5.73 Å². The van der Waals surface area contributed by atoms with Crippen molar-refractivity contribution >= 4 is 11.5 Å². The van der Waals surface area contributed by atoms with Crippen LogP contribution in [0.2, 0.25) is 0 Å². The van der Waals surface area contributed by atoms with Gasteiger partial charge in [0.2, 0.25) is 0 Å². The number of nitrogens with two attached hydrogens (primary N) is 1. The van der Waals surface area contributed by atoms with Crippen LogP contribution in [0.3, 0.4) is 0 Å². The van der Waals surface area contributed by atoms with Gasteiger partial charge in [-0.1, -0.05) is 6.08 Å². The third kappa shape index (κ3) is 6.37. The third-order valence-corrected chi connectivity index (χ3v) is 1.65. The molecule has 0 aromatic heterocycles. The molecule has 0 radical (unpaired) electrons. The summed E-state index contributed by atoms with van der Waals surface area (Å²) in [6.07, 6.45) is 5.73. The summed E-state index contributed by atoms with van der Waals surface area (Å²) in [5.74, 6) is -0.327. The van der Waals surface area contributed by atoms with Crippen LogP contribution in [0.25, 0.3) is 0 Å². The molecule has 0 saturated carbocycles. The van der Waals surface area contributed by atoms with Crippen molar-refractivity contribution < 1.29 is 4.39 Å². The molecule has 0 heterocycles. The van der Waals surface area contributed by atoms with Crippen LogP contribution in [0.15, 0.2) is 40.8 Å². The number of hydrogen-bond acceptors (Lipinski definition) is 2. The Morgan fingerprint density at radius 3 is 2.40 bits per heavy atom. The standard InChI is InChI=1S/C11H16FN3/c1-4-10(12)6-5-9(3)15-7-8(2)11(13)14/h4-7H,1-3H3,(H3,13,14)/b6-5-,8-7+,10-4+,15-9+. The lowest BCUT2D eigenvalue weighted by Gasteiger charge is -1.94. The third-order valence-electron chi connectivity index (χ3n) is 1.65. The van der Waals surface area contributed by atoms with Crippen molar-refractivity contribution in [2.75, 3.05) is 0 Å². The van der Waals surface area contributed by atoms with Gasteiger partial charge in [0.05, 0.1) is 0 Å². The summed E-state index contributed by atoms with van der Waals surface area (Å²) in [7, 11) is 0. The second-order valence-corrected chi connectivity index (χ2v) is 3.00. The second-order valence-electron chi connectivity index (χ2n) is 3.00. The summed E-state index contributed by atoms with van der Waals surface area (Å²) >= 11 is 0. The molecule has 15 heavy (non-hydrogen) atoms. The van der Waals surface area contributed by atoms with Crippen LogP contribution in [-0.4, -0.2) is 11.5 Å². The van der Waals surface area contributed by atoms with E-state index in [0.29, 0.717) is 11.3 Å². The van der Waals surface area contributed by atoms with Crippen LogP contribution in [0.4, 0.5) is 4.39 Å². The van der Waals surface area contributed by atoms with Gasteiger partial charge in [0.25, 0.3) is 0 Å². The summed E-state index contributed by atoms with van der Waals surface area (Å²) in [6.45, 7) is 5.05. The predicted octanol–water partition coefficient (Wildman–Crippen LogP) is 2.72. The number of hydrogen-bond donors (Lipinski definition) is 2. The molecule has 0 saturated heterocycles. The molecule has 0 amide bonds. The average Bonchev–Trinajstić information content (AvgIpc) is 2.21. The van der Waals surface area contributed by atoms with Gasteiger partial charge in [-0.3, -0.25) is 10.4 Å². The molecule has 0 unspecified atom stereocenters. The minimum atomic E-state index is -0.309. The Labute approximate surface area is 89.4 Å². The summed E-state index contributed by atoms with van der Waals surface area (Å²) in [6, 6.07) is 0. The molecule has 82 valence electrons. The zero-order chi connectivity index (χ0) is 11.8. The lowest BCUT2D eigenvalue weighted by Crippen LogP contribution is -2.10.